The maximum Gasteiger partial charge on any atom is 0.251 e. The van der Waals surface area contributed by atoms with E-state index in [9.17, 15) is 13.2 Å². The summed E-state index contributed by atoms with van der Waals surface area (Å²) in [5.74, 6) is -0.208. The van der Waals surface area contributed by atoms with E-state index in [4.69, 9.17) is 0 Å². The van der Waals surface area contributed by atoms with E-state index in [1.807, 2.05) is 45.0 Å². The van der Waals surface area contributed by atoms with Crippen LogP contribution in [-0.4, -0.2) is 29.1 Å². The number of nitrogens with zero attached hydrogens (tertiary/aromatic N) is 3. The minimum atomic E-state index is -3.63. The van der Waals surface area contributed by atoms with Crippen molar-refractivity contribution in [1.29, 1.82) is 0 Å². The van der Waals surface area contributed by atoms with Gasteiger partial charge in [0.2, 0.25) is 10.0 Å². The van der Waals surface area contributed by atoms with E-state index in [1.54, 1.807) is 53.5 Å². The summed E-state index contributed by atoms with van der Waals surface area (Å²) in [7, 11) is -3.63. The van der Waals surface area contributed by atoms with Crippen LogP contribution in [0, 0.1) is 13.8 Å². The van der Waals surface area contributed by atoms with E-state index in [0.29, 0.717) is 5.56 Å². The maximum atomic E-state index is 12.7. The molecule has 4 aromatic rings. The van der Waals surface area contributed by atoms with Gasteiger partial charge < -0.3 is 5.32 Å². The third-order valence-corrected chi connectivity index (χ3v) is 7.29. The van der Waals surface area contributed by atoms with Crippen molar-refractivity contribution in [3.8, 4) is 5.69 Å². The molecule has 0 fully saturated rings. The molecule has 1 aromatic heterocycles. The maximum absolute atomic E-state index is 12.7. The number of benzene rings is 3. The zero-order chi connectivity index (χ0) is 25.0. The quantitative estimate of drug-likeness (QED) is 0.391. The summed E-state index contributed by atoms with van der Waals surface area (Å²) in [6.07, 6.45) is 3.10. The van der Waals surface area contributed by atoms with E-state index >= 15 is 0 Å². The summed E-state index contributed by atoms with van der Waals surface area (Å²) in [5.41, 5.74) is 5.05. The van der Waals surface area contributed by atoms with Gasteiger partial charge in [-0.05, 0) is 79.4 Å². The van der Waals surface area contributed by atoms with Gasteiger partial charge in [0.1, 0.15) is 12.7 Å². The highest BCUT2D eigenvalue weighted by molar-refractivity contribution is 7.89. The number of hydrogen-bond donors (Lipinski definition) is 2. The van der Waals surface area contributed by atoms with Gasteiger partial charge in [-0.1, -0.05) is 30.3 Å². The van der Waals surface area contributed by atoms with Gasteiger partial charge in [0.15, 0.2) is 0 Å². The molecule has 0 aliphatic carbocycles. The second kappa shape index (κ2) is 10.2. The van der Waals surface area contributed by atoms with Crippen LogP contribution in [0.5, 0.6) is 0 Å². The van der Waals surface area contributed by atoms with Crippen LogP contribution < -0.4 is 10.0 Å². The molecule has 0 saturated heterocycles. The first-order valence-corrected chi connectivity index (χ1v) is 12.6. The molecule has 3 aromatic carbocycles. The zero-order valence-electron chi connectivity index (χ0n) is 19.8. The van der Waals surface area contributed by atoms with E-state index in [2.05, 4.69) is 20.1 Å². The smallest absolute Gasteiger partial charge is 0.251 e. The van der Waals surface area contributed by atoms with Gasteiger partial charge >= 0.3 is 0 Å². The average Bonchev–Trinajstić information content (AvgIpc) is 3.40. The highest BCUT2D eigenvalue weighted by Crippen LogP contribution is 2.17. The van der Waals surface area contributed by atoms with Crippen molar-refractivity contribution in [3.05, 3.63) is 107 Å². The standard InChI is InChI=1S/C26H27N5O3S/c1-18-4-13-25(14-19(18)2)35(33,34)29-15-21-5-7-23(8-6-21)26(32)30-20(3)22-9-11-24(12-10-22)31-17-27-16-28-31/h4-14,16-17,20,29H,15H2,1-3H3,(H,30,32). The molecule has 0 spiro atoms. The van der Waals surface area contributed by atoms with Crippen LogP contribution in [0.3, 0.4) is 0 Å². The molecule has 9 heteroatoms. The molecule has 0 aliphatic heterocycles. The fourth-order valence-electron chi connectivity index (χ4n) is 3.54. The summed E-state index contributed by atoms with van der Waals surface area (Å²) in [6.45, 7) is 5.87. The number of hydrogen-bond acceptors (Lipinski definition) is 5. The summed E-state index contributed by atoms with van der Waals surface area (Å²) in [5, 5.41) is 7.09. The lowest BCUT2D eigenvalue weighted by Gasteiger charge is -2.15. The lowest BCUT2D eigenvalue weighted by atomic mass is 10.1. The van der Waals surface area contributed by atoms with E-state index in [1.165, 1.54) is 6.33 Å². The Kier molecular flexibility index (Phi) is 7.09. The highest BCUT2D eigenvalue weighted by atomic mass is 32.2. The number of carbonyl (C=O) groups excluding carboxylic acids is 1. The zero-order valence-corrected chi connectivity index (χ0v) is 20.6. The molecule has 0 bridgehead atoms. The molecule has 4 rings (SSSR count). The predicted molar refractivity (Wildman–Crippen MR) is 134 cm³/mol. The van der Waals surface area contributed by atoms with Crippen molar-refractivity contribution >= 4 is 15.9 Å². The largest absolute Gasteiger partial charge is 0.346 e. The van der Waals surface area contributed by atoms with Gasteiger partial charge in [0.25, 0.3) is 5.91 Å². The van der Waals surface area contributed by atoms with Crippen molar-refractivity contribution in [2.24, 2.45) is 0 Å². The van der Waals surface area contributed by atoms with Crippen molar-refractivity contribution in [2.75, 3.05) is 0 Å². The average molecular weight is 490 g/mol. The van der Waals surface area contributed by atoms with Crippen molar-refractivity contribution in [1.82, 2.24) is 24.8 Å². The van der Waals surface area contributed by atoms with Gasteiger partial charge in [-0.2, -0.15) is 5.10 Å². The van der Waals surface area contributed by atoms with Crippen molar-refractivity contribution in [3.63, 3.8) is 0 Å². The van der Waals surface area contributed by atoms with E-state index in [0.717, 1.165) is 27.9 Å². The second-order valence-corrected chi connectivity index (χ2v) is 10.2. The van der Waals surface area contributed by atoms with E-state index in [-0.39, 0.29) is 23.4 Å². The Labute approximate surface area is 205 Å². The summed E-state index contributed by atoms with van der Waals surface area (Å²) in [4.78, 5) is 16.9. The monoisotopic (exact) mass is 489 g/mol. The van der Waals surface area contributed by atoms with Crippen LogP contribution in [-0.2, 0) is 16.6 Å². The topological polar surface area (TPSA) is 106 Å². The van der Waals surface area contributed by atoms with Crippen LogP contribution >= 0.6 is 0 Å². The Morgan fingerprint density at radius 2 is 1.69 bits per heavy atom. The SMILES string of the molecule is Cc1ccc(S(=O)(=O)NCc2ccc(C(=O)NC(C)c3ccc(-n4cncn4)cc3)cc2)cc1C. The number of sulfonamides is 1. The van der Waals surface area contributed by atoms with Gasteiger partial charge in [-0.25, -0.2) is 22.8 Å². The highest BCUT2D eigenvalue weighted by Gasteiger charge is 2.15. The first-order chi connectivity index (χ1) is 16.7. The normalized spacial score (nSPS) is 12.3. The molecule has 35 heavy (non-hydrogen) atoms. The third kappa shape index (κ3) is 5.82. The molecule has 1 amide bonds. The Hall–Kier alpha value is -3.82. The molecule has 180 valence electrons. The van der Waals surface area contributed by atoms with Crippen LogP contribution in [0.1, 0.15) is 45.6 Å². The lowest BCUT2D eigenvalue weighted by Crippen LogP contribution is -2.26. The molecule has 8 nitrogen and oxygen atoms in total. The van der Waals surface area contributed by atoms with Crippen LogP contribution in [0.15, 0.2) is 84.3 Å². The lowest BCUT2D eigenvalue weighted by molar-refractivity contribution is 0.0940. The fourth-order valence-corrected chi connectivity index (χ4v) is 4.64. The van der Waals surface area contributed by atoms with Gasteiger partial charge in [-0.15, -0.1) is 0 Å². The summed E-state index contributed by atoms with van der Waals surface area (Å²) >= 11 is 0. The number of nitrogens with one attached hydrogen (secondary N) is 2. The van der Waals surface area contributed by atoms with Gasteiger partial charge in [0.05, 0.1) is 16.6 Å². The summed E-state index contributed by atoms with van der Waals surface area (Å²) < 4.78 is 29.5. The van der Waals surface area contributed by atoms with Gasteiger partial charge in [-0.3, -0.25) is 4.79 Å². The molecule has 1 atom stereocenters. The Bertz CT molecular complexity index is 1420. The van der Waals surface area contributed by atoms with Crippen molar-refractivity contribution < 1.29 is 13.2 Å². The first kappa shape index (κ1) is 24.3. The summed E-state index contributed by atoms with van der Waals surface area (Å²) in [6, 6.07) is 19.4. The Morgan fingerprint density at radius 3 is 2.31 bits per heavy atom. The third-order valence-electron chi connectivity index (χ3n) is 5.90. The molecule has 0 saturated carbocycles. The van der Waals surface area contributed by atoms with Crippen LogP contribution in [0.25, 0.3) is 5.69 Å². The predicted octanol–water partition coefficient (Wildman–Crippen LogP) is 3.85. The minimum absolute atomic E-state index is 0.131. The Morgan fingerprint density at radius 1 is 0.971 bits per heavy atom. The molecule has 1 heterocycles. The van der Waals surface area contributed by atoms with Crippen LogP contribution in [0.2, 0.25) is 0 Å². The van der Waals surface area contributed by atoms with Crippen molar-refractivity contribution in [2.45, 2.75) is 38.3 Å². The molecular formula is C26H27N5O3S. The van der Waals surface area contributed by atoms with E-state index < -0.39 is 10.0 Å². The fraction of sp³-hybridized carbons (Fsp3) is 0.192. The Balaban J connectivity index is 1.34. The number of amides is 1. The molecule has 2 N–H and O–H groups in total. The number of carbonyl (C=O) groups is 1. The van der Waals surface area contributed by atoms with Crippen LogP contribution in [0.4, 0.5) is 0 Å². The number of aromatic nitrogens is 3. The molecular weight excluding hydrogens is 462 g/mol. The minimum Gasteiger partial charge on any atom is -0.346 e. The first-order valence-electron chi connectivity index (χ1n) is 11.1. The molecule has 0 radical (unpaired) electrons. The van der Waals surface area contributed by atoms with Gasteiger partial charge in [0, 0.05) is 12.1 Å². The molecule has 1 unspecified atom stereocenters. The molecule has 0 aliphatic rings. The number of aryl methyl sites for hydroxylation is 2. The second-order valence-electron chi connectivity index (χ2n) is 8.39. The number of rotatable bonds is 8.